The Bertz CT molecular complexity index is 813. The van der Waals surface area contributed by atoms with Gasteiger partial charge in [0.25, 0.3) is 0 Å². The van der Waals surface area contributed by atoms with Crippen LogP contribution in [0.5, 0.6) is 0 Å². The first-order valence-electron chi connectivity index (χ1n) is 7.25. The second kappa shape index (κ2) is 7.37. The van der Waals surface area contributed by atoms with E-state index >= 15 is 0 Å². The number of sulfonamides is 1. The smallest absolute Gasteiger partial charge is 0.244 e. The summed E-state index contributed by atoms with van der Waals surface area (Å²) in [7, 11) is -3.92. The van der Waals surface area contributed by atoms with Crippen molar-refractivity contribution in [3.8, 4) is 0 Å². The number of halogens is 1. The number of carbonyl (C=O) groups excluding carboxylic acids is 1. The predicted molar refractivity (Wildman–Crippen MR) is 91.0 cm³/mol. The lowest BCUT2D eigenvalue weighted by atomic mass is 10.2. The van der Waals surface area contributed by atoms with E-state index in [-0.39, 0.29) is 11.3 Å². The summed E-state index contributed by atoms with van der Waals surface area (Å²) >= 11 is 1.32. The monoisotopic (exact) mass is 371 g/mol. The Morgan fingerprint density at radius 3 is 2.42 bits per heavy atom. The molecule has 6 nitrogen and oxygen atoms in total. The molecule has 1 atom stereocenters. The first-order valence-corrected chi connectivity index (χ1v) is 9.55. The quantitative estimate of drug-likeness (QED) is 0.817. The first kappa shape index (κ1) is 18.5. The van der Waals surface area contributed by atoms with Crippen LogP contribution >= 0.6 is 11.3 Å². The van der Waals surface area contributed by atoms with Gasteiger partial charge in [-0.15, -0.1) is 11.3 Å². The summed E-state index contributed by atoms with van der Waals surface area (Å²) in [6.07, 6.45) is 0.260. The number of nitrogens with zero attached hydrogens (tertiary/aromatic N) is 1. The van der Waals surface area contributed by atoms with Crippen LogP contribution in [0.15, 0.2) is 29.2 Å². The minimum Gasteiger partial charge on any atom is -0.301 e. The van der Waals surface area contributed by atoms with Crippen LogP contribution in [0.3, 0.4) is 0 Å². The Balaban J connectivity index is 2.12. The number of rotatable bonds is 6. The summed E-state index contributed by atoms with van der Waals surface area (Å²) in [5, 5.41) is 3.04. The molecule has 1 aromatic heterocycles. The number of nitrogens with one attached hydrogen (secondary N) is 2. The van der Waals surface area contributed by atoms with Gasteiger partial charge in [0.15, 0.2) is 5.13 Å². The van der Waals surface area contributed by atoms with Crippen molar-refractivity contribution in [1.29, 1.82) is 0 Å². The van der Waals surface area contributed by atoms with Crippen molar-refractivity contribution in [2.75, 3.05) is 5.32 Å². The van der Waals surface area contributed by atoms with Crippen LogP contribution in [0.25, 0.3) is 0 Å². The Kier molecular flexibility index (Phi) is 5.68. The molecule has 1 unspecified atom stereocenters. The summed E-state index contributed by atoms with van der Waals surface area (Å²) in [6, 6.07) is 3.45. The number of aromatic nitrogens is 1. The molecule has 0 bridgehead atoms. The number of carbonyl (C=O) groups is 1. The van der Waals surface area contributed by atoms with Crippen LogP contribution in [0.1, 0.15) is 23.9 Å². The Hall–Kier alpha value is -1.84. The number of thiazole rings is 1. The molecule has 0 radical (unpaired) electrons. The van der Waals surface area contributed by atoms with E-state index in [2.05, 4.69) is 15.0 Å². The summed E-state index contributed by atoms with van der Waals surface area (Å²) in [4.78, 5) is 17.4. The van der Waals surface area contributed by atoms with Crippen molar-refractivity contribution in [1.82, 2.24) is 9.71 Å². The molecule has 0 aliphatic rings. The van der Waals surface area contributed by atoms with Gasteiger partial charge in [-0.05, 0) is 44.5 Å². The Labute approximate surface area is 144 Å². The minimum atomic E-state index is -3.92. The van der Waals surface area contributed by atoms with Crippen LogP contribution in [-0.2, 0) is 14.8 Å². The third-order valence-electron chi connectivity index (χ3n) is 3.40. The molecule has 130 valence electrons. The molecule has 1 aromatic carbocycles. The van der Waals surface area contributed by atoms with Gasteiger partial charge in [-0.2, -0.15) is 4.72 Å². The molecule has 1 amide bonds. The average molecular weight is 371 g/mol. The van der Waals surface area contributed by atoms with Gasteiger partial charge in [-0.25, -0.2) is 17.8 Å². The van der Waals surface area contributed by atoms with Gasteiger partial charge in [0.1, 0.15) is 11.9 Å². The fourth-order valence-electron chi connectivity index (χ4n) is 1.91. The lowest BCUT2D eigenvalue weighted by Crippen LogP contribution is -2.43. The molecule has 24 heavy (non-hydrogen) atoms. The largest absolute Gasteiger partial charge is 0.301 e. The Morgan fingerprint density at radius 1 is 1.29 bits per heavy atom. The highest BCUT2D eigenvalue weighted by Gasteiger charge is 2.25. The maximum Gasteiger partial charge on any atom is 0.244 e. The predicted octanol–water partition coefficient (Wildman–Crippen LogP) is 2.59. The zero-order valence-electron chi connectivity index (χ0n) is 13.5. The van der Waals surface area contributed by atoms with E-state index in [1.54, 1.807) is 6.92 Å². The third-order valence-corrected chi connectivity index (χ3v) is 5.88. The van der Waals surface area contributed by atoms with E-state index in [9.17, 15) is 17.6 Å². The molecule has 0 saturated heterocycles. The van der Waals surface area contributed by atoms with Crippen LogP contribution in [-0.4, -0.2) is 25.4 Å². The second-order valence-corrected chi connectivity index (χ2v) is 8.10. The van der Waals surface area contributed by atoms with Gasteiger partial charge in [0.05, 0.1) is 10.6 Å². The van der Waals surface area contributed by atoms with Crippen molar-refractivity contribution >= 4 is 32.4 Å². The molecule has 1 heterocycles. The Morgan fingerprint density at radius 2 is 1.92 bits per heavy atom. The van der Waals surface area contributed by atoms with Gasteiger partial charge in [0.2, 0.25) is 15.9 Å². The summed E-state index contributed by atoms with van der Waals surface area (Å²) < 4.78 is 39.9. The van der Waals surface area contributed by atoms with Gasteiger partial charge in [0, 0.05) is 4.88 Å². The number of aryl methyl sites for hydroxylation is 2. The number of amides is 1. The van der Waals surface area contributed by atoms with E-state index in [0.29, 0.717) is 5.13 Å². The second-order valence-electron chi connectivity index (χ2n) is 5.19. The average Bonchev–Trinajstić information content (AvgIpc) is 2.83. The molecular formula is C15H18FN3O3S2. The lowest BCUT2D eigenvalue weighted by Gasteiger charge is -2.16. The highest BCUT2D eigenvalue weighted by Crippen LogP contribution is 2.21. The number of anilines is 1. The zero-order valence-corrected chi connectivity index (χ0v) is 15.1. The summed E-state index contributed by atoms with van der Waals surface area (Å²) in [5.74, 6) is -1.02. The zero-order chi connectivity index (χ0) is 17.9. The summed E-state index contributed by atoms with van der Waals surface area (Å²) in [6.45, 7) is 5.41. The lowest BCUT2D eigenvalue weighted by molar-refractivity contribution is -0.117. The summed E-state index contributed by atoms with van der Waals surface area (Å²) in [5.41, 5.74) is 0.815. The molecule has 2 N–H and O–H groups in total. The molecule has 0 aliphatic carbocycles. The number of hydrogen-bond donors (Lipinski definition) is 2. The van der Waals surface area contributed by atoms with E-state index < -0.39 is 27.8 Å². The maximum absolute atomic E-state index is 12.9. The molecule has 0 fully saturated rings. The molecule has 2 rings (SSSR count). The highest BCUT2D eigenvalue weighted by molar-refractivity contribution is 7.89. The van der Waals surface area contributed by atoms with Crippen molar-refractivity contribution < 1.29 is 17.6 Å². The van der Waals surface area contributed by atoms with E-state index in [1.807, 2.05) is 13.8 Å². The highest BCUT2D eigenvalue weighted by atomic mass is 32.2. The normalized spacial score (nSPS) is 12.8. The third kappa shape index (κ3) is 4.37. The van der Waals surface area contributed by atoms with E-state index in [0.717, 1.165) is 34.8 Å². The molecular weight excluding hydrogens is 353 g/mol. The fourth-order valence-corrected chi connectivity index (χ4v) is 4.01. The topological polar surface area (TPSA) is 88.2 Å². The SMILES string of the molecule is CCC(NS(=O)(=O)c1ccc(F)cc1)C(=O)Nc1nc(C)c(C)s1. The molecule has 0 aliphatic heterocycles. The first-order chi connectivity index (χ1) is 11.2. The molecule has 9 heteroatoms. The number of benzene rings is 1. The van der Waals surface area contributed by atoms with Gasteiger partial charge in [-0.1, -0.05) is 6.92 Å². The van der Waals surface area contributed by atoms with Crippen molar-refractivity contribution in [2.45, 2.75) is 38.1 Å². The van der Waals surface area contributed by atoms with E-state index in [1.165, 1.54) is 11.3 Å². The van der Waals surface area contributed by atoms with Crippen molar-refractivity contribution in [3.05, 3.63) is 40.7 Å². The molecule has 0 saturated carbocycles. The number of hydrogen-bond acceptors (Lipinski definition) is 5. The van der Waals surface area contributed by atoms with Crippen molar-refractivity contribution in [2.24, 2.45) is 0 Å². The van der Waals surface area contributed by atoms with E-state index in [4.69, 9.17) is 0 Å². The fraction of sp³-hybridized carbons (Fsp3) is 0.333. The maximum atomic E-state index is 12.9. The van der Waals surface area contributed by atoms with Gasteiger partial charge >= 0.3 is 0 Å². The van der Waals surface area contributed by atoms with Gasteiger partial charge in [-0.3, -0.25) is 4.79 Å². The van der Waals surface area contributed by atoms with Crippen LogP contribution in [0, 0.1) is 19.7 Å². The van der Waals surface area contributed by atoms with Crippen LogP contribution < -0.4 is 10.0 Å². The molecule has 2 aromatic rings. The minimum absolute atomic E-state index is 0.101. The standard InChI is InChI=1S/C15H18FN3O3S2/c1-4-13(14(20)18-15-17-9(2)10(3)23-15)19-24(21,22)12-7-5-11(16)6-8-12/h5-8,13,19H,4H2,1-3H3,(H,17,18,20). The van der Waals surface area contributed by atoms with Crippen LogP contribution in [0.2, 0.25) is 0 Å². The van der Waals surface area contributed by atoms with Crippen LogP contribution in [0.4, 0.5) is 9.52 Å². The van der Waals surface area contributed by atoms with Gasteiger partial charge < -0.3 is 5.32 Å². The molecule has 0 spiro atoms. The van der Waals surface area contributed by atoms with Crippen molar-refractivity contribution in [3.63, 3.8) is 0 Å².